The van der Waals surface area contributed by atoms with Crippen molar-refractivity contribution in [2.45, 2.75) is 79.6 Å². The number of rotatable bonds is 2. The molecule has 0 amide bonds. The summed E-state index contributed by atoms with van der Waals surface area (Å²) >= 11 is 0. The third kappa shape index (κ3) is 1.50. The maximum atomic E-state index is 2.61. The molecule has 18 heavy (non-hydrogen) atoms. The Labute approximate surface area is 114 Å². The van der Waals surface area contributed by atoms with Gasteiger partial charge < -0.3 is 0 Å². The molecule has 2 bridgehead atoms. The SMILES string of the molecule is CCCC1(C)C[C@H]2C[C@]3(C1)C(C)CCC3C2(C)C. The van der Waals surface area contributed by atoms with E-state index in [1.54, 1.807) is 12.8 Å². The van der Waals surface area contributed by atoms with Gasteiger partial charge in [-0.1, -0.05) is 41.0 Å². The van der Waals surface area contributed by atoms with Crippen molar-refractivity contribution in [1.82, 2.24) is 0 Å². The molecule has 3 aliphatic carbocycles. The van der Waals surface area contributed by atoms with E-state index in [0.717, 1.165) is 23.2 Å². The van der Waals surface area contributed by atoms with Crippen molar-refractivity contribution in [3.63, 3.8) is 0 Å². The molecular formula is C18H32. The fourth-order valence-corrected chi connectivity index (χ4v) is 6.76. The van der Waals surface area contributed by atoms with E-state index in [1.165, 1.54) is 32.1 Å². The van der Waals surface area contributed by atoms with Gasteiger partial charge in [-0.2, -0.15) is 0 Å². The molecule has 0 aromatic heterocycles. The van der Waals surface area contributed by atoms with Crippen LogP contribution in [0.3, 0.4) is 0 Å². The zero-order valence-corrected chi connectivity index (χ0v) is 13.2. The van der Waals surface area contributed by atoms with Crippen LogP contribution in [0.15, 0.2) is 0 Å². The normalized spacial score (nSPS) is 53.5. The minimum absolute atomic E-state index is 0.621. The van der Waals surface area contributed by atoms with Crippen LogP contribution in [-0.2, 0) is 0 Å². The summed E-state index contributed by atoms with van der Waals surface area (Å²) in [5, 5.41) is 0. The Hall–Kier alpha value is 0. The van der Waals surface area contributed by atoms with E-state index in [2.05, 4.69) is 34.6 Å². The Morgan fingerprint density at radius 2 is 1.78 bits per heavy atom. The summed E-state index contributed by atoms with van der Waals surface area (Å²) in [6.07, 6.45) is 10.5. The highest BCUT2D eigenvalue weighted by Gasteiger charge is 2.66. The molecule has 3 fully saturated rings. The van der Waals surface area contributed by atoms with Crippen LogP contribution in [0, 0.1) is 34.0 Å². The molecule has 5 atom stereocenters. The number of fused-ring (bicyclic) bond motifs is 1. The molecule has 0 heteroatoms. The highest BCUT2D eigenvalue weighted by Crippen LogP contribution is 2.74. The van der Waals surface area contributed by atoms with Gasteiger partial charge in [0.1, 0.15) is 0 Å². The van der Waals surface area contributed by atoms with Crippen LogP contribution in [0.4, 0.5) is 0 Å². The molecule has 0 aromatic carbocycles. The quantitative estimate of drug-likeness (QED) is 0.591. The van der Waals surface area contributed by atoms with E-state index >= 15 is 0 Å². The van der Waals surface area contributed by atoms with E-state index in [1.807, 2.05) is 0 Å². The molecule has 0 aliphatic heterocycles. The Kier molecular flexibility index (Phi) is 2.72. The second kappa shape index (κ2) is 3.76. The summed E-state index contributed by atoms with van der Waals surface area (Å²) in [5.74, 6) is 3.03. The first-order valence-electron chi connectivity index (χ1n) is 8.34. The Balaban J connectivity index is 1.99. The van der Waals surface area contributed by atoms with E-state index in [-0.39, 0.29) is 0 Å². The van der Waals surface area contributed by atoms with Crippen molar-refractivity contribution in [1.29, 1.82) is 0 Å². The molecular weight excluding hydrogens is 216 g/mol. The van der Waals surface area contributed by atoms with Crippen molar-refractivity contribution < 1.29 is 0 Å². The summed E-state index contributed by atoms with van der Waals surface area (Å²) in [7, 11) is 0. The summed E-state index contributed by atoms with van der Waals surface area (Å²) in [4.78, 5) is 0. The van der Waals surface area contributed by atoms with Gasteiger partial charge in [0.2, 0.25) is 0 Å². The summed E-state index contributed by atoms with van der Waals surface area (Å²) in [6.45, 7) is 12.7. The lowest BCUT2D eigenvalue weighted by Gasteiger charge is -2.47. The fraction of sp³-hybridized carbons (Fsp3) is 1.00. The van der Waals surface area contributed by atoms with Gasteiger partial charge in [-0.25, -0.2) is 0 Å². The fourth-order valence-electron chi connectivity index (χ4n) is 6.76. The first-order valence-corrected chi connectivity index (χ1v) is 8.34. The monoisotopic (exact) mass is 248 g/mol. The van der Waals surface area contributed by atoms with Crippen LogP contribution in [-0.4, -0.2) is 0 Å². The maximum Gasteiger partial charge on any atom is -0.0230 e. The minimum atomic E-state index is 0.621. The zero-order valence-electron chi connectivity index (χ0n) is 13.2. The van der Waals surface area contributed by atoms with Crippen LogP contribution >= 0.6 is 0 Å². The third-order valence-electron chi connectivity index (χ3n) is 7.49. The smallest absolute Gasteiger partial charge is 0.0230 e. The second-order valence-corrected chi connectivity index (χ2v) is 8.93. The largest absolute Gasteiger partial charge is 0.0654 e. The highest BCUT2D eigenvalue weighted by molar-refractivity contribution is 5.15. The van der Waals surface area contributed by atoms with Gasteiger partial charge in [-0.05, 0) is 72.5 Å². The molecule has 3 unspecified atom stereocenters. The Bertz CT molecular complexity index is 342. The molecule has 0 heterocycles. The molecule has 0 aromatic rings. The standard InChI is InChI=1S/C18H32/c1-6-9-17(5)10-14-11-18(12-17)13(2)7-8-15(18)16(14,3)4/h13-15H,6-12H2,1-5H3/t13?,14-,15?,17?,18-/m0/s1. The first kappa shape index (κ1) is 13.0. The number of hydrogen-bond donors (Lipinski definition) is 0. The topological polar surface area (TPSA) is 0 Å². The van der Waals surface area contributed by atoms with Crippen LogP contribution in [0.5, 0.6) is 0 Å². The second-order valence-electron chi connectivity index (χ2n) is 8.93. The van der Waals surface area contributed by atoms with E-state index < -0.39 is 0 Å². The predicted octanol–water partition coefficient (Wildman–Crippen LogP) is 5.67. The van der Waals surface area contributed by atoms with E-state index in [0.29, 0.717) is 10.8 Å². The Morgan fingerprint density at radius 3 is 2.44 bits per heavy atom. The van der Waals surface area contributed by atoms with Gasteiger partial charge in [-0.15, -0.1) is 0 Å². The highest BCUT2D eigenvalue weighted by atomic mass is 14.7. The Morgan fingerprint density at radius 1 is 1.06 bits per heavy atom. The summed E-state index contributed by atoms with van der Waals surface area (Å²) < 4.78 is 0. The number of hydrogen-bond acceptors (Lipinski definition) is 0. The minimum Gasteiger partial charge on any atom is -0.0654 e. The first-order chi connectivity index (χ1) is 8.34. The van der Waals surface area contributed by atoms with Gasteiger partial charge >= 0.3 is 0 Å². The molecule has 0 N–H and O–H groups in total. The van der Waals surface area contributed by atoms with Crippen molar-refractivity contribution >= 4 is 0 Å². The van der Waals surface area contributed by atoms with E-state index in [4.69, 9.17) is 0 Å². The van der Waals surface area contributed by atoms with Gasteiger partial charge in [0.25, 0.3) is 0 Å². The van der Waals surface area contributed by atoms with Crippen LogP contribution in [0.25, 0.3) is 0 Å². The van der Waals surface area contributed by atoms with Gasteiger partial charge in [0, 0.05) is 0 Å². The predicted molar refractivity (Wildman–Crippen MR) is 78.5 cm³/mol. The summed E-state index contributed by atoms with van der Waals surface area (Å²) in [6, 6.07) is 0. The van der Waals surface area contributed by atoms with Crippen LogP contribution in [0.1, 0.15) is 79.6 Å². The lowest BCUT2D eigenvalue weighted by atomic mass is 9.58. The van der Waals surface area contributed by atoms with Crippen molar-refractivity contribution in [2.24, 2.45) is 34.0 Å². The molecule has 0 nitrogen and oxygen atoms in total. The average molecular weight is 248 g/mol. The molecule has 3 rings (SSSR count). The average Bonchev–Trinajstić information content (AvgIpc) is 2.62. The van der Waals surface area contributed by atoms with Crippen molar-refractivity contribution in [3.8, 4) is 0 Å². The summed E-state index contributed by atoms with van der Waals surface area (Å²) in [5.41, 5.74) is 2.01. The third-order valence-corrected chi connectivity index (χ3v) is 7.49. The lowest BCUT2D eigenvalue weighted by molar-refractivity contribution is 0.0295. The molecule has 1 spiro atoms. The lowest BCUT2D eigenvalue weighted by Crippen LogP contribution is -2.37. The zero-order chi connectivity index (χ0) is 13.2. The molecule has 104 valence electrons. The van der Waals surface area contributed by atoms with Gasteiger partial charge in [-0.3, -0.25) is 0 Å². The molecule has 0 saturated heterocycles. The molecule has 3 aliphatic rings. The molecule has 0 radical (unpaired) electrons. The van der Waals surface area contributed by atoms with E-state index in [9.17, 15) is 0 Å². The van der Waals surface area contributed by atoms with Gasteiger partial charge in [0.05, 0.1) is 0 Å². The maximum absolute atomic E-state index is 2.61. The van der Waals surface area contributed by atoms with Crippen LogP contribution in [0.2, 0.25) is 0 Å². The van der Waals surface area contributed by atoms with Crippen molar-refractivity contribution in [3.05, 3.63) is 0 Å². The van der Waals surface area contributed by atoms with Crippen molar-refractivity contribution in [2.75, 3.05) is 0 Å². The van der Waals surface area contributed by atoms with Crippen LogP contribution < -0.4 is 0 Å². The molecule has 3 saturated carbocycles. The van der Waals surface area contributed by atoms with Gasteiger partial charge in [0.15, 0.2) is 0 Å².